The second-order valence-electron chi connectivity index (χ2n) is 8.30. The maximum Gasteiger partial charge on any atom is 0.166 e. The van der Waals surface area contributed by atoms with Crippen molar-refractivity contribution in [2.24, 2.45) is 11.8 Å². The number of carbonyl (C=O) groups is 1. The SMILES string of the molecule is CCOc1cc2c(cc1OC)C(=O)C(CC1CCN(Cc3ccccc3)CC1)C2.Cl. The zero-order chi connectivity index (χ0) is 20.2. The fourth-order valence-electron chi connectivity index (χ4n) is 4.82. The van der Waals surface area contributed by atoms with Crippen LogP contribution in [0.3, 0.4) is 0 Å². The van der Waals surface area contributed by atoms with Gasteiger partial charge in [0.05, 0.1) is 13.7 Å². The number of Topliss-reactive ketones (excluding diaryl/α,β-unsaturated/α-hetero) is 1. The van der Waals surface area contributed by atoms with E-state index in [1.54, 1.807) is 7.11 Å². The summed E-state index contributed by atoms with van der Waals surface area (Å²) in [6.45, 7) is 5.83. The van der Waals surface area contributed by atoms with Crippen molar-refractivity contribution in [2.75, 3.05) is 26.8 Å². The minimum absolute atomic E-state index is 0. The van der Waals surface area contributed by atoms with Crippen LogP contribution in [0, 0.1) is 11.8 Å². The van der Waals surface area contributed by atoms with Crippen molar-refractivity contribution in [2.45, 2.75) is 39.2 Å². The van der Waals surface area contributed by atoms with E-state index >= 15 is 0 Å². The van der Waals surface area contributed by atoms with E-state index < -0.39 is 0 Å². The number of ketones is 1. The van der Waals surface area contributed by atoms with Crippen LogP contribution in [0.15, 0.2) is 42.5 Å². The molecule has 1 fully saturated rings. The molecular weight excluding hydrogens is 398 g/mol. The number of halogens is 1. The quantitative estimate of drug-likeness (QED) is 0.608. The molecule has 0 N–H and O–H groups in total. The number of rotatable bonds is 7. The highest BCUT2D eigenvalue weighted by molar-refractivity contribution is 6.02. The van der Waals surface area contributed by atoms with E-state index in [2.05, 4.69) is 35.2 Å². The third-order valence-electron chi connectivity index (χ3n) is 6.37. The molecule has 1 aliphatic carbocycles. The van der Waals surface area contributed by atoms with E-state index in [1.807, 2.05) is 19.1 Å². The van der Waals surface area contributed by atoms with Crippen molar-refractivity contribution in [3.05, 3.63) is 59.2 Å². The molecule has 2 aromatic rings. The first-order chi connectivity index (χ1) is 14.2. The number of nitrogens with zero attached hydrogens (tertiary/aromatic N) is 1. The number of methoxy groups -OCH3 is 1. The Labute approximate surface area is 186 Å². The molecule has 30 heavy (non-hydrogen) atoms. The molecule has 0 amide bonds. The molecule has 1 atom stereocenters. The lowest BCUT2D eigenvalue weighted by atomic mass is 9.85. The van der Waals surface area contributed by atoms with Crippen LogP contribution in [0.25, 0.3) is 0 Å². The Morgan fingerprint density at radius 2 is 1.80 bits per heavy atom. The van der Waals surface area contributed by atoms with E-state index in [4.69, 9.17) is 9.47 Å². The summed E-state index contributed by atoms with van der Waals surface area (Å²) in [5.74, 6) is 2.44. The van der Waals surface area contributed by atoms with Gasteiger partial charge in [0.25, 0.3) is 0 Å². The Hall–Kier alpha value is -2.04. The van der Waals surface area contributed by atoms with Gasteiger partial charge in [-0.3, -0.25) is 9.69 Å². The third kappa shape index (κ3) is 4.98. The summed E-state index contributed by atoms with van der Waals surface area (Å²) in [7, 11) is 1.63. The first kappa shape index (κ1) is 22.6. The fourth-order valence-corrected chi connectivity index (χ4v) is 4.82. The molecule has 2 aromatic carbocycles. The number of hydrogen-bond acceptors (Lipinski definition) is 4. The highest BCUT2D eigenvalue weighted by atomic mass is 35.5. The van der Waals surface area contributed by atoms with E-state index in [0.717, 1.165) is 49.4 Å². The summed E-state index contributed by atoms with van der Waals surface area (Å²) in [6.07, 6.45) is 4.20. The van der Waals surface area contributed by atoms with Crippen LogP contribution in [0.2, 0.25) is 0 Å². The predicted molar refractivity (Wildman–Crippen MR) is 122 cm³/mol. The smallest absolute Gasteiger partial charge is 0.166 e. The molecule has 4 nitrogen and oxygen atoms in total. The third-order valence-corrected chi connectivity index (χ3v) is 6.37. The van der Waals surface area contributed by atoms with Crippen molar-refractivity contribution < 1.29 is 14.3 Å². The Bertz CT molecular complexity index is 847. The molecule has 1 unspecified atom stereocenters. The predicted octanol–water partition coefficient (Wildman–Crippen LogP) is 5.17. The normalized spacial score (nSPS) is 19.3. The van der Waals surface area contributed by atoms with Crippen LogP contribution < -0.4 is 9.47 Å². The summed E-state index contributed by atoms with van der Waals surface area (Å²) in [5, 5.41) is 0. The molecular formula is C25H32ClNO3. The Balaban J connectivity index is 0.00000256. The molecule has 5 heteroatoms. The molecule has 162 valence electrons. The van der Waals surface area contributed by atoms with Gasteiger partial charge in [-0.1, -0.05) is 30.3 Å². The fraction of sp³-hybridized carbons (Fsp3) is 0.480. The minimum atomic E-state index is 0. The first-order valence-corrected chi connectivity index (χ1v) is 10.8. The molecule has 1 heterocycles. The second-order valence-corrected chi connectivity index (χ2v) is 8.30. The molecule has 0 spiro atoms. The molecule has 4 rings (SSSR count). The largest absolute Gasteiger partial charge is 0.493 e. The molecule has 1 saturated heterocycles. The Kier molecular flexibility index (Phi) is 7.79. The molecule has 0 aromatic heterocycles. The maximum atomic E-state index is 13.0. The van der Waals surface area contributed by atoms with Crippen LogP contribution in [0.5, 0.6) is 11.5 Å². The average molecular weight is 430 g/mol. The molecule has 0 bridgehead atoms. The lowest BCUT2D eigenvalue weighted by Gasteiger charge is -2.32. The number of ether oxygens (including phenoxy) is 2. The molecule has 0 saturated carbocycles. The lowest BCUT2D eigenvalue weighted by molar-refractivity contribution is 0.0895. The van der Waals surface area contributed by atoms with Crippen LogP contribution >= 0.6 is 12.4 Å². The molecule has 2 aliphatic rings. The van der Waals surface area contributed by atoms with Gasteiger partial charge in [-0.2, -0.15) is 0 Å². The van der Waals surface area contributed by atoms with Crippen molar-refractivity contribution in [3.63, 3.8) is 0 Å². The monoisotopic (exact) mass is 429 g/mol. The van der Waals surface area contributed by atoms with E-state index in [0.29, 0.717) is 18.3 Å². The topological polar surface area (TPSA) is 38.8 Å². The number of fused-ring (bicyclic) bond motifs is 1. The van der Waals surface area contributed by atoms with Gasteiger partial charge in [-0.25, -0.2) is 0 Å². The zero-order valence-electron chi connectivity index (χ0n) is 17.9. The number of hydrogen-bond donors (Lipinski definition) is 0. The number of likely N-dealkylation sites (tertiary alicyclic amines) is 1. The van der Waals surface area contributed by atoms with Gasteiger partial charge in [-0.05, 0) is 74.9 Å². The van der Waals surface area contributed by atoms with Crippen LogP contribution in [-0.4, -0.2) is 37.5 Å². The average Bonchev–Trinajstić information content (AvgIpc) is 3.04. The van der Waals surface area contributed by atoms with E-state index in [9.17, 15) is 4.79 Å². The summed E-state index contributed by atoms with van der Waals surface area (Å²) in [5.41, 5.74) is 3.33. The molecule has 0 radical (unpaired) electrons. The van der Waals surface area contributed by atoms with E-state index in [-0.39, 0.29) is 24.1 Å². The van der Waals surface area contributed by atoms with E-state index in [1.165, 1.54) is 18.4 Å². The van der Waals surface area contributed by atoms with Gasteiger partial charge in [0.1, 0.15) is 0 Å². The lowest BCUT2D eigenvalue weighted by Crippen LogP contribution is -2.34. The first-order valence-electron chi connectivity index (χ1n) is 10.8. The summed E-state index contributed by atoms with van der Waals surface area (Å²) in [6, 6.07) is 14.6. The highest BCUT2D eigenvalue weighted by Crippen LogP contribution is 2.39. The zero-order valence-corrected chi connectivity index (χ0v) is 18.7. The van der Waals surface area contributed by atoms with Gasteiger partial charge in [0.15, 0.2) is 17.3 Å². The van der Waals surface area contributed by atoms with Crippen LogP contribution in [0.4, 0.5) is 0 Å². The van der Waals surface area contributed by atoms with Gasteiger partial charge in [-0.15, -0.1) is 12.4 Å². The minimum Gasteiger partial charge on any atom is -0.493 e. The highest BCUT2D eigenvalue weighted by Gasteiger charge is 2.34. The van der Waals surface area contributed by atoms with Crippen molar-refractivity contribution >= 4 is 18.2 Å². The van der Waals surface area contributed by atoms with Gasteiger partial charge in [0, 0.05) is 18.0 Å². The van der Waals surface area contributed by atoms with Crippen LogP contribution in [0.1, 0.15) is 47.7 Å². The van der Waals surface area contributed by atoms with Crippen molar-refractivity contribution in [1.82, 2.24) is 4.90 Å². The van der Waals surface area contributed by atoms with Gasteiger partial charge in [0.2, 0.25) is 0 Å². The molecule has 1 aliphatic heterocycles. The second kappa shape index (κ2) is 10.3. The van der Waals surface area contributed by atoms with Crippen LogP contribution in [-0.2, 0) is 13.0 Å². The number of benzene rings is 2. The van der Waals surface area contributed by atoms with Crippen molar-refractivity contribution in [1.29, 1.82) is 0 Å². The number of carbonyl (C=O) groups excluding carboxylic acids is 1. The Morgan fingerprint density at radius 3 is 2.47 bits per heavy atom. The van der Waals surface area contributed by atoms with Gasteiger partial charge < -0.3 is 9.47 Å². The number of piperidine rings is 1. The Morgan fingerprint density at radius 1 is 1.07 bits per heavy atom. The summed E-state index contributed by atoms with van der Waals surface area (Å²) >= 11 is 0. The van der Waals surface area contributed by atoms with Gasteiger partial charge >= 0.3 is 0 Å². The van der Waals surface area contributed by atoms with Crippen molar-refractivity contribution in [3.8, 4) is 11.5 Å². The summed E-state index contributed by atoms with van der Waals surface area (Å²) in [4.78, 5) is 15.5. The summed E-state index contributed by atoms with van der Waals surface area (Å²) < 4.78 is 11.1. The standard InChI is InChI=1S/C25H31NO3.ClH/c1-3-29-24-15-20-14-21(25(27)22(20)16-23(24)28-2)13-18-9-11-26(12-10-18)17-19-7-5-4-6-8-19;/h4-8,15-16,18,21H,3,9-14,17H2,1-2H3;1H. The maximum absolute atomic E-state index is 13.0.